The maximum Gasteiger partial charge on any atom is 0.275 e. The molecule has 0 unspecified atom stereocenters. The van der Waals surface area contributed by atoms with Crippen LogP contribution in [0, 0.1) is 6.92 Å². The molecular formula is C19H17N2O2. The van der Waals surface area contributed by atoms with Crippen molar-refractivity contribution in [1.29, 1.82) is 0 Å². The molecule has 1 radical (unpaired) electrons. The number of benzene rings is 2. The van der Waals surface area contributed by atoms with Gasteiger partial charge in [0.1, 0.15) is 6.04 Å². The molecule has 4 nitrogen and oxygen atoms in total. The summed E-state index contributed by atoms with van der Waals surface area (Å²) < 4.78 is 6.81. The molecular weight excluding hydrogens is 288 g/mol. The molecule has 1 aliphatic rings. The molecule has 0 amide bonds. The van der Waals surface area contributed by atoms with Crippen LogP contribution in [0.1, 0.15) is 11.6 Å². The minimum atomic E-state index is -0.0500. The lowest BCUT2D eigenvalue weighted by molar-refractivity contribution is -0.0303. The van der Waals surface area contributed by atoms with Gasteiger partial charge < -0.3 is 4.74 Å². The highest BCUT2D eigenvalue weighted by molar-refractivity contribution is 5.93. The molecule has 1 fully saturated rings. The van der Waals surface area contributed by atoms with E-state index in [-0.39, 0.29) is 11.6 Å². The largest absolute Gasteiger partial charge is 0.377 e. The van der Waals surface area contributed by atoms with Gasteiger partial charge in [0.05, 0.1) is 24.3 Å². The normalized spacial score (nSPS) is 14.8. The zero-order chi connectivity index (χ0) is 15.8. The summed E-state index contributed by atoms with van der Waals surface area (Å²) in [7, 11) is 0. The van der Waals surface area contributed by atoms with Gasteiger partial charge in [-0.15, -0.1) is 0 Å². The summed E-state index contributed by atoms with van der Waals surface area (Å²) >= 11 is 0. The average molecular weight is 305 g/mol. The van der Waals surface area contributed by atoms with E-state index < -0.39 is 0 Å². The van der Waals surface area contributed by atoms with E-state index >= 15 is 0 Å². The minimum Gasteiger partial charge on any atom is -0.377 e. The monoisotopic (exact) mass is 305 g/mol. The maximum absolute atomic E-state index is 12.7. The van der Waals surface area contributed by atoms with E-state index in [0.717, 1.165) is 28.6 Å². The summed E-state index contributed by atoms with van der Waals surface area (Å²) in [6.07, 6.45) is 0.724. The average Bonchev–Trinajstić information content (AvgIpc) is 2.56. The van der Waals surface area contributed by atoms with Crippen LogP contribution in [0.25, 0.3) is 22.0 Å². The van der Waals surface area contributed by atoms with Crippen LogP contribution in [0.4, 0.5) is 0 Å². The van der Waals surface area contributed by atoms with E-state index in [0.29, 0.717) is 18.6 Å². The zero-order valence-corrected chi connectivity index (χ0v) is 12.7. The standard InChI is InChI=1S/C19H17N2O2/c1-2-13-6-5-7-14(10-13)18-16-8-3-4-9-17(16)19(22)21(20-18)15-11-23-12-15/h3-10,15H,1-2,11-12H2. The molecule has 4 rings (SSSR count). The Bertz CT molecular complexity index is 926. The molecule has 0 spiro atoms. The highest BCUT2D eigenvalue weighted by atomic mass is 16.5. The van der Waals surface area contributed by atoms with Gasteiger partial charge in [0.15, 0.2) is 0 Å². The number of hydrogen-bond acceptors (Lipinski definition) is 3. The van der Waals surface area contributed by atoms with E-state index in [4.69, 9.17) is 4.74 Å². The van der Waals surface area contributed by atoms with Gasteiger partial charge in [-0.3, -0.25) is 4.79 Å². The molecule has 1 aliphatic heterocycles. The van der Waals surface area contributed by atoms with Gasteiger partial charge in [-0.05, 0) is 31.0 Å². The molecule has 3 aromatic rings. The fraction of sp³-hybridized carbons (Fsp3) is 0.211. The Balaban J connectivity index is 2.00. The third-order valence-corrected chi connectivity index (χ3v) is 4.28. The Morgan fingerprint density at radius 2 is 1.91 bits per heavy atom. The summed E-state index contributed by atoms with van der Waals surface area (Å²) in [5.41, 5.74) is 2.95. The van der Waals surface area contributed by atoms with Gasteiger partial charge in [-0.2, -0.15) is 5.10 Å². The number of hydrogen-bond donors (Lipinski definition) is 0. The second kappa shape index (κ2) is 5.63. The fourth-order valence-corrected chi connectivity index (χ4v) is 2.91. The second-order valence-electron chi connectivity index (χ2n) is 5.79. The Labute approximate surface area is 134 Å². The molecule has 0 aliphatic carbocycles. The zero-order valence-electron chi connectivity index (χ0n) is 12.7. The molecule has 0 N–H and O–H groups in total. The molecule has 0 atom stereocenters. The van der Waals surface area contributed by atoms with E-state index in [9.17, 15) is 4.79 Å². The quantitative estimate of drug-likeness (QED) is 0.747. The third kappa shape index (κ3) is 2.35. The summed E-state index contributed by atoms with van der Waals surface area (Å²) in [5.74, 6) is 0. The van der Waals surface area contributed by atoms with Crippen molar-refractivity contribution in [2.75, 3.05) is 13.2 Å². The molecule has 1 saturated heterocycles. The fourth-order valence-electron chi connectivity index (χ4n) is 2.91. The second-order valence-corrected chi connectivity index (χ2v) is 5.79. The first kappa shape index (κ1) is 14.2. The van der Waals surface area contributed by atoms with E-state index in [1.807, 2.05) is 36.4 Å². The number of rotatable bonds is 3. The van der Waals surface area contributed by atoms with Gasteiger partial charge in [-0.1, -0.05) is 36.4 Å². The van der Waals surface area contributed by atoms with Gasteiger partial charge in [0.25, 0.3) is 5.56 Å². The summed E-state index contributed by atoms with van der Waals surface area (Å²) in [6.45, 7) is 5.03. The number of nitrogens with zero attached hydrogens (tertiary/aromatic N) is 2. The first-order valence-electron chi connectivity index (χ1n) is 7.76. The van der Waals surface area contributed by atoms with Gasteiger partial charge in [-0.25, -0.2) is 4.68 Å². The number of fused-ring (bicyclic) bond motifs is 1. The highest BCUT2D eigenvalue weighted by Gasteiger charge is 2.24. The van der Waals surface area contributed by atoms with Gasteiger partial charge in [0, 0.05) is 10.9 Å². The smallest absolute Gasteiger partial charge is 0.275 e. The van der Waals surface area contributed by atoms with Crippen LogP contribution in [-0.4, -0.2) is 23.0 Å². The van der Waals surface area contributed by atoms with Crippen molar-refractivity contribution < 1.29 is 4.74 Å². The predicted octanol–water partition coefficient (Wildman–Crippen LogP) is 3.01. The van der Waals surface area contributed by atoms with Crippen LogP contribution in [-0.2, 0) is 11.2 Å². The lowest BCUT2D eigenvalue weighted by Crippen LogP contribution is -2.39. The van der Waals surface area contributed by atoms with Crippen molar-refractivity contribution in [2.24, 2.45) is 0 Å². The molecule has 1 aromatic heterocycles. The Morgan fingerprint density at radius 1 is 1.13 bits per heavy atom. The van der Waals surface area contributed by atoms with Crippen molar-refractivity contribution in [3.05, 3.63) is 71.4 Å². The lowest BCUT2D eigenvalue weighted by Gasteiger charge is -2.27. The van der Waals surface area contributed by atoms with Crippen LogP contribution >= 0.6 is 0 Å². The SMILES string of the molecule is [CH2]Cc1cccc(-c2nn(C3COC3)c(=O)c3ccccc23)c1. The minimum absolute atomic E-state index is 0.0295. The van der Waals surface area contributed by atoms with Gasteiger partial charge >= 0.3 is 0 Å². The predicted molar refractivity (Wildman–Crippen MR) is 90.4 cm³/mol. The molecule has 2 heterocycles. The van der Waals surface area contributed by atoms with Crippen LogP contribution in [0.2, 0.25) is 0 Å². The molecule has 0 bridgehead atoms. The van der Waals surface area contributed by atoms with Crippen LogP contribution in [0.3, 0.4) is 0 Å². The van der Waals surface area contributed by atoms with Crippen LogP contribution in [0.5, 0.6) is 0 Å². The van der Waals surface area contributed by atoms with Crippen molar-refractivity contribution in [2.45, 2.75) is 12.5 Å². The number of ether oxygens (including phenoxy) is 1. The first-order valence-corrected chi connectivity index (χ1v) is 7.76. The molecule has 4 heteroatoms. The van der Waals surface area contributed by atoms with Crippen LogP contribution < -0.4 is 5.56 Å². The van der Waals surface area contributed by atoms with Gasteiger partial charge in [0.2, 0.25) is 0 Å². The Hall–Kier alpha value is -2.46. The summed E-state index contributed by atoms with van der Waals surface area (Å²) in [5, 5.41) is 6.25. The molecule has 2 aromatic carbocycles. The van der Waals surface area contributed by atoms with Crippen molar-refractivity contribution in [3.63, 3.8) is 0 Å². The Kier molecular flexibility index (Phi) is 3.46. The Morgan fingerprint density at radius 3 is 2.61 bits per heavy atom. The molecule has 23 heavy (non-hydrogen) atoms. The van der Waals surface area contributed by atoms with E-state index in [2.05, 4.69) is 24.2 Å². The highest BCUT2D eigenvalue weighted by Crippen LogP contribution is 2.27. The number of aromatic nitrogens is 2. The lowest BCUT2D eigenvalue weighted by atomic mass is 10.0. The van der Waals surface area contributed by atoms with Crippen molar-refractivity contribution in [3.8, 4) is 11.3 Å². The third-order valence-electron chi connectivity index (χ3n) is 4.28. The molecule has 0 saturated carbocycles. The molecule has 115 valence electrons. The summed E-state index contributed by atoms with van der Waals surface area (Å²) in [6, 6.07) is 15.9. The first-order chi connectivity index (χ1) is 11.3. The van der Waals surface area contributed by atoms with E-state index in [1.54, 1.807) is 4.68 Å². The van der Waals surface area contributed by atoms with Crippen molar-refractivity contribution in [1.82, 2.24) is 9.78 Å². The summed E-state index contributed by atoms with van der Waals surface area (Å²) in [4.78, 5) is 12.7. The topological polar surface area (TPSA) is 44.1 Å². The van der Waals surface area contributed by atoms with E-state index in [1.165, 1.54) is 0 Å². The van der Waals surface area contributed by atoms with Crippen molar-refractivity contribution >= 4 is 10.8 Å². The maximum atomic E-state index is 12.7. The van der Waals surface area contributed by atoms with Crippen LogP contribution in [0.15, 0.2) is 53.3 Å².